The summed E-state index contributed by atoms with van der Waals surface area (Å²) in [5.41, 5.74) is 2.06. The van der Waals surface area contributed by atoms with Gasteiger partial charge in [0.1, 0.15) is 0 Å². The predicted molar refractivity (Wildman–Crippen MR) is 105 cm³/mol. The minimum Gasteiger partial charge on any atom is -0.595 e. The maximum atomic E-state index is 11.2. The molecule has 0 bridgehead atoms. The molecule has 1 saturated heterocycles. The molecular weight excluding hydrogens is 372 g/mol. The molecule has 2 heterocycles. The van der Waals surface area contributed by atoms with Gasteiger partial charge in [-0.2, -0.15) is 10.2 Å². The van der Waals surface area contributed by atoms with Gasteiger partial charge >= 0.3 is 0 Å². The average Bonchev–Trinajstić information content (AvgIpc) is 3.35. The van der Waals surface area contributed by atoms with Crippen molar-refractivity contribution in [3.63, 3.8) is 0 Å². The number of aromatic nitrogens is 2. The van der Waals surface area contributed by atoms with E-state index < -0.39 is 11.3 Å². The highest BCUT2D eigenvalue weighted by Gasteiger charge is 2.35. The van der Waals surface area contributed by atoms with Crippen molar-refractivity contribution in [1.82, 2.24) is 15.0 Å². The number of β-amino-alcohol motifs (C(OH)–C–C–N with tert-alkyl or cyclic N) is 1. The molecular formula is C21H24N4O4. The smallest absolute Gasteiger partial charge is 0.244 e. The number of aryl methyl sites for hydroxylation is 1. The van der Waals surface area contributed by atoms with Crippen LogP contribution in [-0.2, 0) is 6.42 Å². The van der Waals surface area contributed by atoms with Crippen LogP contribution in [0.25, 0.3) is 11.4 Å². The normalized spacial score (nSPS) is 20.8. The Kier molecular flexibility index (Phi) is 5.98. The highest BCUT2D eigenvalue weighted by molar-refractivity contribution is 5.58. The van der Waals surface area contributed by atoms with Crippen molar-refractivity contribution in [2.45, 2.75) is 31.4 Å². The molecule has 1 aliphatic rings. The molecule has 0 amide bonds. The lowest BCUT2D eigenvalue weighted by atomic mass is 10.1. The van der Waals surface area contributed by atoms with Gasteiger partial charge in [-0.25, -0.2) is 5.21 Å². The molecule has 0 spiro atoms. The van der Waals surface area contributed by atoms with Crippen molar-refractivity contribution in [3.8, 4) is 11.4 Å². The van der Waals surface area contributed by atoms with Gasteiger partial charge in [-0.15, -0.1) is 0 Å². The number of nitrogens with zero attached hydrogens (tertiary/aromatic N) is 3. The van der Waals surface area contributed by atoms with Crippen LogP contribution in [0.3, 0.4) is 0 Å². The average molecular weight is 396 g/mol. The molecule has 1 aliphatic heterocycles. The summed E-state index contributed by atoms with van der Waals surface area (Å²) in [5.74, 6) is 0.811. The van der Waals surface area contributed by atoms with Crippen molar-refractivity contribution in [2.24, 2.45) is 0 Å². The van der Waals surface area contributed by atoms with Crippen molar-refractivity contribution < 1.29 is 20.1 Å². The number of hydrogen-bond donors (Lipinski definition) is 3. The monoisotopic (exact) mass is 396 g/mol. The Morgan fingerprint density at radius 2 is 2.00 bits per heavy atom. The molecule has 29 heavy (non-hydrogen) atoms. The van der Waals surface area contributed by atoms with Gasteiger partial charge in [-0.1, -0.05) is 47.6 Å². The van der Waals surface area contributed by atoms with Gasteiger partial charge in [0.05, 0.1) is 12.1 Å². The van der Waals surface area contributed by atoms with E-state index in [1.807, 2.05) is 18.2 Å². The molecule has 0 saturated carbocycles. The van der Waals surface area contributed by atoms with E-state index in [-0.39, 0.29) is 11.7 Å². The highest BCUT2D eigenvalue weighted by Crippen LogP contribution is 2.32. The number of quaternary nitrogens is 1. The summed E-state index contributed by atoms with van der Waals surface area (Å²) in [6.07, 6.45) is 2.05. The van der Waals surface area contributed by atoms with Gasteiger partial charge in [0.2, 0.25) is 11.7 Å². The Labute approximate surface area is 168 Å². The molecule has 3 atom stereocenters. The van der Waals surface area contributed by atoms with Crippen LogP contribution in [0.15, 0.2) is 59.1 Å². The lowest BCUT2D eigenvalue weighted by Crippen LogP contribution is -2.99. The number of hydrogen-bond acceptors (Lipinski definition) is 7. The van der Waals surface area contributed by atoms with Crippen molar-refractivity contribution >= 4 is 5.69 Å². The Morgan fingerprint density at radius 3 is 2.79 bits per heavy atom. The van der Waals surface area contributed by atoms with Crippen LogP contribution in [0.1, 0.15) is 30.3 Å². The quantitative estimate of drug-likeness (QED) is 0.523. The van der Waals surface area contributed by atoms with Crippen LogP contribution in [0.4, 0.5) is 5.69 Å². The first kappa shape index (κ1) is 19.7. The van der Waals surface area contributed by atoms with Crippen molar-refractivity contribution in [1.29, 1.82) is 0 Å². The van der Waals surface area contributed by atoms with Crippen LogP contribution >= 0.6 is 0 Å². The van der Waals surface area contributed by atoms with Crippen LogP contribution in [0.2, 0.25) is 0 Å². The first-order chi connectivity index (χ1) is 14.1. The van der Waals surface area contributed by atoms with E-state index in [4.69, 9.17) is 9.73 Å². The van der Waals surface area contributed by atoms with Gasteiger partial charge < -0.3 is 14.8 Å². The minimum atomic E-state index is -1.00. The molecule has 8 nitrogen and oxygen atoms in total. The first-order valence-corrected chi connectivity index (χ1v) is 9.73. The molecule has 3 N–H and O–H groups in total. The molecule has 4 rings (SSSR count). The SMILES string of the molecule is [O-][NH+](O)c1cccc(-c2noc(C3CC(O)CN3CCCc3ccccc3)n2)c1. The molecule has 1 aromatic heterocycles. The van der Waals surface area contributed by atoms with Gasteiger partial charge in [0.15, 0.2) is 5.69 Å². The number of likely N-dealkylation sites (tertiary alicyclic amines) is 1. The van der Waals surface area contributed by atoms with Crippen molar-refractivity contribution in [3.05, 3.63) is 71.3 Å². The molecule has 1 fully saturated rings. The second kappa shape index (κ2) is 8.81. The summed E-state index contributed by atoms with van der Waals surface area (Å²) in [6, 6.07) is 16.6. The van der Waals surface area contributed by atoms with E-state index in [1.54, 1.807) is 12.1 Å². The van der Waals surface area contributed by atoms with Crippen LogP contribution < -0.4 is 5.23 Å². The number of rotatable bonds is 7. The Hall–Kier alpha value is -2.62. The first-order valence-electron chi connectivity index (χ1n) is 9.73. The largest absolute Gasteiger partial charge is 0.595 e. The molecule has 3 unspecified atom stereocenters. The lowest BCUT2D eigenvalue weighted by Gasteiger charge is -2.20. The third-order valence-electron chi connectivity index (χ3n) is 5.23. The fraction of sp³-hybridized carbons (Fsp3) is 0.333. The highest BCUT2D eigenvalue weighted by atomic mass is 16.8. The topological polar surface area (TPSA) is 110 Å². The third-order valence-corrected chi connectivity index (χ3v) is 5.23. The molecule has 0 radical (unpaired) electrons. The Bertz CT molecular complexity index is 931. The van der Waals surface area contributed by atoms with E-state index in [0.717, 1.165) is 19.4 Å². The second-order valence-electron chi connectivity index (χ2n) is 7.33. The zero-order chi connectivity index (χ0) is 20.2. The van der Waals surface area contributed by atoms with Gasteiger partial charge in [-0.05, 0) is 31.4 Å². The van der Waals surface area contributed by atoms with Crippen LogP contribution in [-0.4, -0.2) is 44.5 Å². The van der Waals surface area contributed by atoms with Crippen LogP contribution in [0, 0.1) is 5.21 Å². The number of aliphatic hydroxyl groups excluding tert-OH is 1. The van der Waals surface area contributed by atoms with E-state index in [1.165, 1.54) is 17.7 Å². The standard InChI is InChI=1S/C21H24N4O4/c26-18-13-19(24(14-18)11-5-8-15-6-2-1-3-7-15)21-22-20(23-29-21)16-9-4-10-17(12-16)25(27)28/h1-4,6-7,9-10,12,18-19,25-27H,5,8,11,13-14H2. The number of benzene rings is 2. The Morgan fingerprint density at radius 1 is 1.17 bits per heavy atom. The zero-order valence-corrected chi connectivity index (χ0v) is 15.9. The molecule has 152 valence electrons. The summed E-state index contributed by atoms with van der Waals surface area (Å²) in [6.45, 7) is 1.40. The van der Waals surface area contributed by atoms with Gasteiger partial charge in [-0.3, -0.25) is 4.90 Å². The minimum absolute atomic E-state index is 0.135. The fourth-order valence-electron chi connectivity index (χ4n) is 3.79. The summed E-state index contributed by atoms with van der Waals surface area (Å²) >= 11 is 0. The summed E-state index contributed by atoms with van der Waals surface area (Å²) in [5, 5.41) is 33.5. The third kappa shape index (κ3) is 4.69. The molecule has 8 heteroatoms. The van der Waals surface area contributed by atoms with E-state index in [9.17, 15) is 10.3 Å². The lowest BCUT2D eigenvalue weighted by molar-refractivity contribution is -0.991. The maximum Gasteiger partial charge on any atom is 0.244 e. The molecule has 2 aromatic carbocycles. The fourth-order valence-corrected chi connectivity index (χ4v) is 3.79. The number of nitrogens with one attached hydrogen (secondary N) is 1. The van der Waals surface area contributed by atoms with Gasteiger partial charge in [0, 0.05) is 24.2 Å². The van der Waals surface area contributed by atoms with E-state index in [2.05, 4.69) is 27.2 Å². The van der Waals surface area contributed by atoms with E-state index >= 15 is 0 Å². The predicted octanol–water partition coefficient (Wildman–Crippen LogP) is 1.88. The molecule has 3 aromatic rings. The summed E-state index contributed by atoms with van der Waals surface area (Å²) in [7, 11) is 0. The Balaban J connectivity index is 1.44. The van der Waals surface area contributed by atoms with Gasteiger partial charge in [0.25, 0.3) is 0 Å². The van der Waals surface area contributed by atoms with E-state index in [0.29, 0.717) is 30.2 Å². The summed E-state index contributed by atoms with van der Waals surface area (Å²) < 4.78 is 5.49. The van der Waals surface area contributed by atoms with Crippen LogP contribution in [0.5, 0.6) is 0 Å². The summed E-state index contributed by atoms with van der Waals surface area (Å²) in [4.78, 5) is 6.67. The second-order valence-corrected chi connectivity index (χ2v) is 7.33. The van der Waals surface area contributed by atoms with Crippen molar-refractivity contribution in [2.75, 3.05) is 13.1 Å². The number of aliphatic hydroxyl groups is 1. The maximum absolute atomic E-state index is 11.2. The molecule has 0 aliphatic carbocycles. The zero-order valence-electron chi connectivity index (χ0n) is 15.9.